The van der Waals surface area contributed by atoms with Gasteiger partial charge in [-0.3, -0.25) is 9.10 Å². The van der Waals surface area contributed by atoms with Crippen LogP contribution in [0.5, 0.6) is 0 Å². The Hall–Kier alpha value is -3.58. The number of nitrogens with one attached hydrogen (secondary N) is 1. The number of hydrogen-bond acceptors (Lipinski definition) is 4. The van der Waals surface area contributed by atoms with Gasteiger partial charge in [0.1, 0.15) is 12.1 Å². The van der Waals surface area contributed by atoms with E-state index in [1.54, 1.807) is 42.7 Å². The summed E-state index contributed by atoms with van der Waals surface area (Å²) in [6, 6.07) is 19.6. The summed E-state index contributed by atoms with van der Waals surface area (Å²) in [4.78, 5) is 13.1. The van der Waals surface area contributed by atoms with Crippen LogP contribution >= 0.6 is 0 Å². The molecule has 3 aromatic carbocycles. The van der Waals surface area contributed by atoms with E-state index in [9.17, 15) is 13.2 Å². The number of nitrogens with zero attached hydrogens (tertiary/aromatic N) is 1. The second-order valence-corrected chi connectivity index (χ2v) is 9.98. The standard InChI is InChI=1S/C26H26N2O4S/c1-18-7-10-23(11-8-18)33(30,31)28(24-6-4-5-19(2)20(24)3)17-26(29)27-16-21-9-12-25-22(15-21)13-14-32-25/h4-15H,16-17H2,1-3H3,(H,27,29). The maximum atomic E-state index is 13.6. The van der Waals surface area contributed by atoms with Crippen molar-refractivity contribution in [3.05, 3.63) is 95.2 Å². The fourth-order valence-corrected chi connectivity index (χ4v) is 5.13. The molecule has 0 spiro atoms. The van der Waals surface area contributed by atoms with E-state index >= 15 is 0 Å². The Bertz CT molecular complexity index is 1410. The number of carbonyl (C=O) groups is 1. The molecule has 0 aliphatic carbocycles. The van der Waals surface area contributed by atoms with Crippen molar-refractivity contribution in [3.63, 3.8) is 0 Å². The average Bonchev–Trinajstić information content (AvgIpc) is 3.26. The number of rotatable bonds is 7. The molecule has 0 atom stereocenters. The molecule has 0 saturated carbocycles. The van der Waals surface area contributed by atoms with Crippen molar-refractivity contribution in [3.8, 4) is 0 Å². The predicted octanol–water partition coefficient (Wildman–Crippen LogP) is 4.87. The summed E-state index contributed by atoms with van der Waals surface area (Å²) in [6.45, 7) is 5.63. The van der Waals surface area contributed by atoms with E-state index in [4.69, 9.17) is 4.42 Å². The lowest BCUT2D eigenvalue weighted by Crippen LogP contribution is -2.41. The summed E-state index contributed by atoms with van der Waals surface area (Å²) in [5.41, 5.74) is 4.88. The number of furan rings is 1. The first kappa shape index (κ1) is 22.6. The van der Waals surface area contributed by atoms with Crippen molar-refractivity contribution in [1.82, 2.24) is 5.32 Å². The van der Waals surface area contributed by atoms with E-state index in [1.807, 2.05) is 51.1 Å². The molecule has 4 rings (SSSR count). The number of sulfonamides is 1. The van der Waals surface area contributed by atoms with Crippen molar-refractivity contribution in [2.75, 3.05) is 10.8 Å². The monoisotopic (exact) mass is 462 g/mol. The number of amides is 1. The third kappa shape index (κ3) is 4.78. The second kappa shape index (κ2) is 9.11. The highest BCUT2D eigenvalue weighted by molar-refractivity contribution is 7.92. The molecule has 1 N–H and O–H groups in total. The van der Waals surface area contributed by atoms with E-state index in [0.29, 0.717) is 5.69 Å². The van der Waals surface area contributed by atoms with E-state index in [2.05, 4.69) is 5.32 Å². The Morgan fingerprint density at radius 2 is 1.73 bits per heavy atom. The minimum absolute atomic E-state index is 0.146. The first-order chi connectivity index (χ1) is 15.8. The summed E-state index contributed by atoms with van der Waals surface area (Å²) >= 11 is 0. The van der Waals surface area contributed by atoms with E-state index in [0.717, 1.165) is 33.2 Å². The summed E-state index contributed by atoms with van der Waals surface area (Å²) in [6.07, 6.45) is 1.62. The normalized spacial score (nSPS) is 11.5. The van der Waals surface area contributed by atoms with Crippen LogP contribution in [0.15, 0.2) is 82.3 Å². The predicted molar refractivity (Wildman–Crippen MR) is 130 cm³/mol. The van der Waals surface area contributed by atoms with E-state index in [1.165, 1.54) is 4.31 Å². The molecule has 0 bridgehead atoms. The van der Waals surface area contributed by atoms with Gasteiger partial charge < -0.3 is 9.73 Å². The van der Waals surface area contributed by atoms with E-state index in [-0.39, 0.29) is 23.9 Å². The molecule has 0 radical (unpaired) electrons. The largest absolute Gasteiger partial charge is 0.464 e. The zero-order valence-corrected chi connectivity index (χ0v) is 19.6. The molecule has 7 heteroatoms. The van der Waals surface area contributed by atoms with Crippen LogP contribution in [0.4, 0.5) is 5.69 Å². The molecule has 0 aliphatic heterocycles. The minimum Gasteiger partial charge on any atom is -0.464 e. The molecule has 0 aliphatic rings. The summed E-state index contributed by atoms with van der Waals surface area (Å²) in [5, 5.41) is 3.79. The maximum absolute atomic E-state index is 13.6. The van der Waals surface area contributed by atoms with Crippen LogP contribution in [0, 0.1) is 20.8 Å². The molecular formula is C26H26N2O4S. The molecule has 6 nitrogen and oxygen atoms in total. The lowest BCUT2D eigenvalue weighted by Gasteiger charge is -2.26. The van der Waals surface area contributed by atoms with E-state index < -0.39 is 10.0 Å². The molecule has 170 valence electrons. The zero-order chi connectivity index (χ0) is 23.6. The number of aryl methyl sites for hydroxylation is 2. The highest BCUT2D eigenvalue weighted by atomic mass is 32.2. The molecule has 0 saturated heterocycles. The van der Waals surface area contributed by atoms with Gasteiger partial charge in [0.15, 0.2) is 0 Å². The van der Waals surface area contributed by atoms with Gasteiger partial charge in [-0.15, -0.1) is 0 Å². The van der Waals surface area contributed by atoms with Crippen molar-refractivity contribution in [1.29, 1.82) is 0 Å². The van der Waals surface area contributed by atoms with Gasteiger partial charge in [-0.25, -0.2) is 8.42 Å². The van der Waals surface area contributed by atoms with Gasteiger partial charge >= 0.3 is 0 Å². The minimum atomic E-state index is -3.95. The molecule has 0 fully saturated rings. The van der Waals surface area contributed by atoms with Crippen LogP contribution < -0.4 is 9.62 Å². The van der Waals surface area contributed by atoms with Crippen molar-refractivity contribution in [2.24, 2.45) is 0 Å². The lowest BCUT2D eigenvalue weighted by molar-refractivity contribution is -0.119. The number of carbonyl (C=O) groups excluding carboxylic acids is 1. The summed E-state index contributed by atoms with van der Waals surface area (Å²) in [7, 11) is -3.95. The van der Waals surface area contributed by atoms with Gasteiger partial charge in [0.2, 0.25) is 5.91 Å². The van der Waals surface area contributed by atoms with Gasteiger partial charge in [-0.05, 0) is 73.9 Å². The quantitative estimate of drug-likeness (QED) is 0.425. The van der Waals surface area contributed by atoms with Crippen molar-refractivity contribution < 1.29 is 17.6 Å². The number of hydrogen-bond donors (Lipinski definition) is 1. The highest BCUT2D eigenvalue weighted by Gasteiger charge is 2.28. The molecular weight excluding hydrogens is 436 g/mol. The molecule has 33 heavy (non-hydrogen) atoms. The fraction of sp³-hybridized carbons (Fsp3) is 0.192. The zero-order valence-electron chi connectivity index (χ0n) is 18.8. The Kier molecular flexibility index (Phi) is 6.24. The Morgan fingerprint density at radius 3 is 2.48 bits per heavy atom. The van der Waals surface area contributed by atoms with Gasteiger partial charge in [-0.2, -0.15) is 0 Å². The number of benzene rings is 3. The van der Waals surface area contributed by atoms with Crippen LogP contribution in [0.1, 0.15) is 22.3 Å². The smallest absolute Gasteiger partial charge is 0.264 e. The molecule has 1 heterocycles. The summed E-state index contributed by atoms with van der Waals surface area (Å²) in [5.74, 6) is -0.390. The summed E-state index contributed by atoms with van der Waals surface area (Å²) < 4.78 is 33.7. The molecule has 1 aromatic heterocycles. The van der Waals surface area contributed by atoms with Gasteiger partial charge in [-0.1, -0.05) is 35.9 Å². The van der Waals surface area contributed by atoms with Gasteiger partial charge in [0.05, 0.1) is 16.8 Å². The number of fused-ring (bicyclic) bond motifs is 1. The third-order valence-corrected chi connectivity index (χ3v) is 7.52. The topological polar surface area (TPSA) is 79.6 Å². The Balaban J connectivity index is 1.60. The maximum Gasteiger partial charge on any atom is 0.264 e. The fourth-order valence-electron chi connectivity index (χ4n) is 3.66. The van der Waals surface area contributed by atoms with Crippen molar-refractivity contribution in [2.45, 2.75) is 32.2 Å². The Morgan fingerprint density at radius 1 is 0.970 bits per heavy atom. The van der Waals surface area contributed by atoms with Crippen LogP contribution in [-0.4, -0.2) is 20.9 Å². The van der Waals surface area contributed by atoms with Gasteiger partial charge in [0.25, 0.3) is 10.0 Å². The van der Waals surface area contributed by atoms with Crippen LogP contribution in [-0.2, 0) is 21.4 Å². The van der Waals surface area contributed by atoms with Crippen LogP contribution in [0.2, 0.25) is 0 Å². The highest BCUT2D eigenvalue weighted by Crippen LogP contribution is 2.28. The SMILES string of the molecule is Cc1ccc(S(=O)(=O)N(CC(=O)NCc2ccc3occc3c2)c2cccc(C)c2C)cc1. The first-order valence-electron chi connectivity index (χ1n) is 10.6. The third-order valence-electron chi connectivity index (χ3n) is 5.75. The average molecular weight is 463 g/mol. The second-order valence-electron chi connectivity index (χ2n) is 8.11. The van der Waals surface area contributed by atoms with Crippen molar-refractivity contribution >= 4 is 32.6 Å². The number of anilines is 1. The molecule has 0 unspecified atom stereocenters. The first-order valence-corrected chi connectivity index (χ1v) is 12.1. The molecule has 4 aromatic rings. The Labute approximate surface area is 193 Å². The molecule has 1 amide bonds. The lowest BCUT2D eigenvalue weighted by atomic mass is 10.1. The van der Waals surface area contributed by atoms with Gasteiger partial charge in [0, 0.05) is 11.9 Å². The van der Waals surface area contributed by atoms with Crippen LogP contribution in [0.3, 0.4) is 0 Å². The van der Waals surface area contributed by atoms with Crippen LogP contribution in [0.25, 0.3) is 11.0 Å².